The maximum atomic E-state index is 6.05. The molecule has 1 unspecified atom stereocenters. The molecule has 14 heavy (non-hydrogen) atoms. The number of fused-ring (bicyclic) bond motifs is 1. The van der Waals surface area contributed by atoms with Gasteiger partial charge in [-0.3, -0.25) is 0 Å². The zero-order chi connectivity index (χ0) is 10.1. The predicted molar refractivity (Wildman–Crippen MR) is 60.9 cm³/mol. The van der Waals surface area contributed by atoms with Crippen molar-refractivity contribution in [1.82, 2.24) is 4.98 Å². The molecule has 0 aliphatic heterocycles. The highest BCUT2D eigenvalue weighted by atomic mass is 32.1. The summed E-state index contributed by atoms with van der Waals surface area (Å²) in [6.07, 6.45) is 3.41. The van der Waals surface area contributed by atoms with Crippen molar-refractivity contribution in [3.63, 3.8) is 0 Å². The van der Waals surface area contributed by atoms with E-state index in [0.29, 0.717) is 0 Å². The van der Waals surface area contributed by atoms with Crippen LogP contribution in [0.1, 0.15) is 36.4 Å². The Kier molecular flexibility index (Phi) is 2.74. The fraction of sp³-hybridized carbons (Fsp3) is 0.700. The third-order valence-corrected chi connectivity index (χ3v) is 4.13. The van der Waals surface area contributed by atoms with Crippen LogP contribution in [0.15, 0.2) is 0 Å². The van der Waals surface area contributed by atoms with Gasteiger partial charge in [0.1, 0.15) is 0 Å². The first kappa shape index (κ1) is 9.93. The average Bonchev–Trinajstić information content (AvgIpc) is 2.62. The van der Waals surface area contributed by atoms with E-state index in [4.69, 9.17) is 5.73 Å². The highest BCUT2D eigenvalue weighted by molar-refractivity contribution is 7.15. The number of aromatic nitrogens is 1. The fourth-order valence-corrected chi connectivity index (χ4v) is 2.91. The first-order chi connectivity index (χ1) is 6.72. The molecule has 1 heterocycles. The van der Waals surface area contributed by atoms with Gasteiger partial charge in [0, 0.05) is 24.5 Å². The van der Waals surface area contributed by atoms with Crippen molar-refractivity contribution in [2.75, 3.05) is 18.5 Å². The van der Waals surface area contributed by atoms with Crippen LogP contribution in [-0.4, -0.2) is 18.6 Å². The van der Waals surface area contributed by atoms with E-state index < -0.39 is 0 Å². The second-order valence-electron chi connectivity index (χ2n) is 3.82. The number of nitrogens with two attached hydrogens (primary N) is 1. The quantitative estimate of drug-likeness (QED) is 0.813. The van der Waals surface area contributed by atoms with Crippen LogP contribution in [0.4, 0.5) is 5.13 Å². The molecule has 4 heteroatoms. The molecule has 1 atom stereocenters. The molecule has 0 fully saturated rings. The maximum Gasteiger partial charge on any atom is 0.185 e. The molecule has 2 rings (SSSR count). The van der Waals surface area contributed by atoms with Crippen molar-refractivity contribution < 1.29 is 0 Å². The van der Waals surface area contributed by atoms with Crippen LogP contribution < -0.4 is 10.6 Å². The molecule has 0 saturated carbocycles. The zero-order valence-corrected chi connectivity index (χ0v) is 9.60. The molecule has 0 radical (unpaired) electrons. The summed E-state index contributed by atoms with van der Waals surface area (Å²) in [5, 5.41) is 1.12. The fourth-order valence-electron chi connectivity index (χ4n) is 1.74. The van der Waals surface area contributed by atoms with E-state index in [1.165, 1.54) is 17.0 Å². The maximum absolute atomic E-state index is 6.05. The lowest BCUT2D eigenvalue weighted by molar-refractivity contribution is 0.573. The van der Waals surface area contributed by atoms with E-state index >= 15 is 0 Å². The highest BCUT2D eigenvalue weighted by Gasteiger charge is 2.22. The Morgan fingerprint density at radius 3 is 3.07 bits per heavy atom. The largest absolute Gasteiger partial charge is 0.351 e. The van der Waals surface area contributed by atoms with Gasteiger partial charge in [-0.1, -0.05) is 0 Å². The minimum atomic E-state index is 0.232. The van der Waals surface area contributed by atoms with Crippen molar-refractivity contribution in [2.24, 2.45) is 5.73 Å². The summed E-state index contributed by atoms with van der Waals surface area (Å²) in [6, 6.07) is 0.232. The van der Waals surface area contributed by atoms with Crippen LogP contribution in [0.25, 0.3) is 0 Å². The van der Waals surface area contributed by atoms with Crippen LogP contribution in [-0.2, 0) is 6.42 Å². The van der Waals surface area contributed by atoms with Gasteiger partial charge in [0.25, 0.3) is 0 Å². The van der Waals surface area contributed by atoms with Gasteiger partial charge in [0.2, 0.25) is 0 Å². The van der Waals surface area contributed by atoms with Crippen LogP contribution in [0, 0.1) is 0 Å². The molecule has 1 aliphatic carbocycles. The lowest BCUT2D eigenvalue weighted by Gasteiger charge is -2.15. The van der Waals surface area contributed by atoms with Gasteiger partial charge < -0.3 is 10.6 Å². The van der Waals surface area contributed by atoms with Crippen molar-refractivity contribution >= 4 is 16.5 Å². The Hall–Kier alpha value is -0.610. The Morgan fingerprint density at radius 2 is 2.43 bits per heavy atom. The molecule has 1 aromatic rings. The molecule has 0 amide bonds. The van der Waals surface area contributed by atoms with E-state index in [1.807, 2.05) is 0 Å². The molecule has 0 spiro atoms. The predicted octanol–water partition coefficient (Wildman–Crippen LogP) is 1.94. The number of hydrogen-bond donors (Lipinski definition) is 1. The summed E-state index contributed by atoms with van der Waals surface area (Å²) in [7, 11) is 2.08. The Balaban J connectivity index is 2.30. The van der Waals surface area contributed by atoms with E-state index in [1.54, 1.807) is 11.3 Å². The number of nitrogens with zero attached hydrogens (tertiary/aromatic N) is 2. The van der Waals surface area contributed by atoms with Gasteiger partial charge in [-0.25, -0.2) is 4.98 Å². The van der Waals surface area contributed by atoms with Gasteiger partial charge in [0.05, 0.1) is 5.69 Å². The first-order valence-electron chi connectivity index (χ1n) is 5.18. The molecule has 0 saturated heterocycles. The minimum Gasteiger partial charge on any atom is -0.351 e. The summed E-state index contributed by atoms with van der Waals surface area (Å²) in [5.41, 5.74) is 7.29. The van der Waals surface area contributed by atoms with Gasteiger partial charge in [-0.2, -0.15) is 0 Å². The molecule has 0 aromatic carbocycles. The summed E-state index contributed by atoms with van der Waals surface area (Å²) in [6.45, 7) is 3.14. The summed E-state index contributed by atoms with van der Waals surface area (Å²) >= 11 is 1.77. The standard InChI is InChI=1S/C10H17N3S/c1-3-13(2)10-12-8-6-4-5-7(11)9(8)14-10/h7H,3-6,11H2,1-2H3. The Morgan fingerprint density at radius 1 is 1.64 bits per heavy atom. The molecule has 3 nitrogen and oxygen atoms in total. The first-order valence-corrected chi connectivity index (χ1v) is 6.00. The molecule has 78 valence electrons. The molecular weight excluding hydrogens is 194 g/mol. The van der Waals surface area contributed by atoms with Crippen molar-refractivity contribution in [3.8, 4) is 0 Å². The number of rotatable bonds is 2. The van der Waals surface area contributed by atoms with Crippen molar-refractivity contribution in [2.45, 2.75) is 32.2 Å². The third kappa shape index (κ3) is 1.64. The van der Waals surface area contributed by atoms with Gasteiger partial charge in [0.15, 0.2) is 5.13 Å². The van der Waals surface area contributed by atoms with Crippen LogP contribution >= 0.6 is 11.3 Å². The summed E-state index contributed by atoms with van der Waals surface area (Å²) in [5.74, 6) is 0. The van der Waals surface area contributed by atoms with Crippen LogP contribution in [0.5, 0.6) is 0 Å². The zero-order valence-electron chi connectivity index (χ0n) is 8.79. The SMILES string of the molecule is CCN(C)c1nc2c(s1)C(N)CCC2. The van der Waals surface area contributed by atoms with E-state index in [2.05, 4.69) is 23.9 Å². The Bertz CT molecular complexity index is 321. The molecule has 1 aromatic heterocycles. The van der Waals surface area contributed by atoms with Crippen LogP contribution in [0.3, 0.4) is 0 Å². The number of anilines is 1. The molecule has 1 aliphatic rings. The van der Waals surface area contributed by atoms with Gasteiger partial charge in [-0.05, 0) is 26.2 Å². The summed E-state index contributed by atoms with van der Waals surface area (Å²) < 4.78 is 0. The van der Waals surface area contributed by atoms with Crippen LogP contribution in [0.2, 0.25) is 0 Å². The number of hydrogen-bond acceptors (Lipinski definition) is 4. The highest BCUT2D eigenvalue weighted by Crippen LogP contribution is 2.35. The lowest BCUT2D eigenvalue weighted by Crippen LogP contribution is -2.15. The van der Waals surface area contributed by atoms with Crippen molar-refractivity contribution in [3.05, 3.63) is 10.6 Å². The monoisotopic (exact) mass is 211 g/mol. The second-order valence-corrected chi connectivity index (χ2v) is 4.83. The van der Waals surface area contributed by atoms with Gasteiger partial charge in [-0.15, -0.1) is 11.3 Å². The molecular formula is C10H17N3S. The third-order valence-electron chi connectivity index (χ3n) is 2.78. The van der Waals surface area contributed by atoms with E-state index in [9.17, 15) is 0 Å². The average molecular weight is 211 g/mol. The Labute approximate surface area is 88.9 Å². The van der Waals surface area contributed by atoms with Gasteiger partial charge >= 0.3 is 0 Å². The molecule has 0 bridgehead atoms. The number of aryl methyl sites for hydroxylation is 1. The second kappa shape index (κ2) is 3.87. The van der Waals surface area contributed by atoms with E-state index in [0.717, 1.165) is 24.5 Å². The topological polar surface area (TPSA) is 42.2 Å². The summed E-state index contributed by atoms with van der Waals surface area (Å²) in [4.78, 5) is 8.12. The molecule has 2 N–H and O–H groups in total. The lowest BCUT2D eigenvalue weighted by atomic mass is 9.99. The van der Waals surface area contributed by atoms with E-state index in [-0.39, 0.29) is 6.04 Å². The smallest absolute Gasteiger partial charge is 0.185 e. The minimum absolute atomic E-state index is 0.232. The van der Waals surface area contributed by atoms with Crippen molar-refractivity contribution in [1.29, 1.82) is 0 Å². The normalized spacial score (nSPS) is 20.6. The number of thiazole rings is 1.